The van der Waals surface area contributed by atoms with Crippen molar-refractivity contribution >= 4 is 52.3 Å². The number of rotatable bonds is 10. The number of pyridine rings is 4. The van der Waals surface area contributed by atoms with Crippen LogP contribution in [0.15, 0.2) is 122 Å². The van der Waals surface area contributed by atoms with Gasteiger partial charge in [0.1, 0.15) is 6.54 Å². The van der Waals surface area contributed by atoms with Crippen molar-refractivity contribution in [3.8, 4) is 44.9 Å². The molecule has 2 aliphatic rings. The van der Waals surface area contributed by atoms with Gasteiger partial charge in [0.15, 0.2) is 12.4 Å². The molecular weight excluding hydrogens is 709 g/mol. The molecule has 0 radical (unpaired) electrons. The number of nitrogens with zero attached hydrogens (tertiary/aromatic N) is 6. The summed E-state index contributed by atoms with van der Waals surface area (Å²) in [7, 11) is 0. The summed E-state index contributed by atoms with van der Waals surface area (Å²) in [6.07, 6.45) is 19.9. The first-order chi connectivity index (χ1) is 28.1. The molecule has 278 valence electrons. The van der Waals surface area contributed by atoms with Crippen molar-refractivity contribution in [3.63, 3.8) is 0 Å². The molecule has 2 N–H and O–H groups in total. The lowest BCUT2D eigenvalue weighted by molar-refractivity contribution is -0.697. The molecule has 0 saturated carbocycles. The number of aromatic amines is 2. The average Bonchev–Trinajstić information content (AvgIpc) is 4.10. The van der Waals surface area contributed by atoms with E-state index in [2.05, 4.69) is 75.5 Å². The van der Waals surface area contributed by atoms with E-state index < -0.39 is 0 Å². The number of ether oxygens (including phenoxy) is 1. The van der Waals surface area contributed by atoms with E-state index in [4.69, 9.17) is 29.7 Å². The van der Waals surface area contributed by atoms with Gasteiger partial charge in [-0.05, 0) is 104 Å². The smallest absolute Gasteiger partial charge is 0.305 e. The second-order valence-electron chi connectivity index (χ2n) is 13.7. The van der Waals surface area contributed by atoms with Gasteiger partial charge in [-0.1, -0.05) is 18.2 Å². The van der Waals surface area contributed by atoms with Gasteiger partial charge in [0, 0.05) is 71.3 Å². The van der Waals surface area contributed by atoms with Crippen LogP contribution in [0.5, 0.6) is 0 Å². The molecule has 0 fully saturated rings. The van der Waals surface area contributed by atoms with Crippen molar-refractivity contribution in [1.29, 1.82) is 0 Å². The predicted octanol–water partition coefficient (Wildman–Crippen LogP) is 9.53. The normalized spacial score (nSPS) is 11.9. The Balaban J connectivity index is 1.30. The van der Waals surface area contributed by atoms with Gasteiger partial charge in [-0.15, -0.1) is 0 Å². The molecule has 7 aromatic rings. The molecule has 10 heteroatoms. The molecule has 0 atom stereocenters. The third-order valence-electron chi connectivity index (χ3n) is 10.0. The maximum Gasteiger partial charge on any atom is 0.305 e. The van der Waals surface area contributed by atoms with E-state index in [1.54, 1.807) is 18.6 Å². The summed E-state index contributed by atoms with van der Waals surface area (Å²) in [5.41, 5.74) is 13.6. The first-order valence-corrected chi connectivity index (χ1v) is 19.2. The van der Waals surface area contributed by atoms with E-state index in [0.29, 0.717) is 13.0 Å². The Morgan fingerprint density at radius 3 is 1.42 bits per heavy atom. The number of esters is 1. The van der Waals surface area contributed by atoms with Crippen molar-refractivity contribution in [1.82, 2.24) is 34.9 Å². The van der Waals surface area contributed by atoms with Crippen molar-refractivity contribution in [2.45, 2.75) is 32.7 Å². The molecule has 57 heavy (non-hydrogen) atoms. The van der Waals surface area contributed by atoms with Gasteiger partial charge in [0.05, 0.1) is 63.0 Å². The number of hydrogen-bond acceptors (Lipinski definition) is 7. The van der Waals surface area contributed by atoms with E-state index in [1.165, 1.54) is 0 Å². The molecule has 9 heterocycles. The first-order valence-electron chi connectivity index (χ1n) is 19.2. The molecule has 0 amide bonds. The number of nitrogens with one attached hydrogen (secondary N) is 2. The van der Waals surface area contributed by atoms with Crippen LogP contribution in [0.25, 0.3) is 91.3 Å². The second kappa shape index (κ2) is 15.8. The lowest BCUT2D eigenvalue weighted by Gasteiger charge is -2.06. The monoisotopic (exact) mass is 747 g/mol. The highest BCUT2D eigenvalue weighted by atomic mass is 16.5. The van der Waals surface area contributed by atoms with Crippen LogP contribution in [0.4, 0.5) is 0 Å². The highest BCUT2D eigenvalue weighted by molar-refractivity contribution is 5.98. The van der Waals surface area contributed by atoms with Gasteiger partial charge in [-0.25, -0.2) is 14.5 Å². The molecule has 9 rings (SSSR count). The van der Waals surface area contributed by atoms with Crippen LogP contribution in [-0.2, 0) is 16.1 Å². The Bertz CT molecular complexity index is 2770. The summed E-state index contributed by atoms with van der Waals surface area (Å²) in [4.78, 5) is 44.3. The zero-order valence-corrected chi connectivity index (χ0v) is 31.4. The number of fused-ring (bicyclic) bond motifs is 8. The number of unbranched alkanes of at least 4 members (excludes halogenated alkanes) is 1. The SMILES string of the molecule is CCOC(=O)CCCC[n+]1ccc(-c2c3nc(c(-c4ccccn4)c4ccc([nH]4)c(-c4ccccn4)c4nc(c(-c5ccccn5)c5ccc2[nH]5)C=C4)C=C3)cc1. The highest BCUT2D eigenvalue weighted by Gasteiger charge is 2.20. The van der Waals surface area contributed by atoms with Crippen LogP contribution in [0.2, 0.25) is 0 Å². The highest BCUT2D eigenvalue weighted by Crippen LogP contribution is 2.37. The molecule has 7 aromatic heterocycles. The number of carbonyl (C=O) groups excluding carboxylic acids is 1. The van der Waals surface area contributed by atoms with Crippen molar-refractivity contribution in [2.75, 3.05) is 6.61 Å². The maximum absolute atomic E-state index is 11.9. The Morgan fingerprint density at radius 1 is 0.561 bits per heavy atom. The zero-order chi connectivity index (χ0) is 38.6. The third kappa shape index (κ3) is 7.28. The van der Waals surface area contributed by atoms with Crippen molar-refractivity contribution in [3.05, 3.63) is 145 Å². The fourth-order valence-corrected chi connectivity index (χ4v) is 7.42. The van der Waals surface area contributed by atoms with Crippen LogP contribution in [0, 0.1) is 0 Å². The molecule has 8 bridgehead atoms. The summed E-state index contributed by atoms with van der Waals surface area (Å²) in [5.74, 6) is -0.146. The third-order valence-corrected chi connectivity index (χ3v) is 10.0. The molecule has 0 saturated heterocycles. The number of carbonyl (C=O) groups is 1. The second-order valence-corrected chi connectivity index (χ2v) is 13.7. The minimum atomic E-state index is -0.146. The van der Waals surface area contributed by atoms with Crippen LogP contribution in [0.3, 0.4) is 0 Å². The standard InChI is InChI=1S/C47H38N8O2/c1-2-57-43(56)14-6-10-28-55-29-23-31(24-30-55)44-35-15-17-37(51-35)45(32-11-3-7-25-48-32)39-19-21-41(53-39)47(34-13-5-9-27-50-34)42-22-20-40(54-42)46(33-12-4-8-26-49-33)38-18-16-36(44)52-38/h3-5,7-9,11-13,15-27,29-30H,2,6,10,14,28H2,1H3,(H,51,52,53,54)/p+1. The van der Waals surface area contributed by atoms with Crippen LogP contribution in [0.1, 0.15) is 49.0 Å². The Hall–Kier alpha value is -7.33. The van der Waals surface area contributed by atoms with Gasteiger partial charge in [-0.3, -0.25) is 19.7 Å². The van der Waals surface area contributed by atoms with Gasteiger partial charge in [0.25, 0.3) is 0 Å². The van der Waals surface area contributed by atoms with Crippen LogP contribution >= 0.6 is 0 Å². The van der Waals surface area contributed by atoms with Gasteiger partial charge < -0.3 is 14.7 Å². The molecule has 0 unspecified atom stereocenters. The average molecular weight is 748 g/mol. The van der Waals surface area contributed by atoms with Crippen LogP contribution in [-0.4, -0.2) is 47.5 Å². The number of aromatic nitrogens is 8. The van der Waals surface area contributed by atoms with E-state index in [1.807, 2.05) is 73.7 Å². The summed E-state index contributed by atoms with van der Waals surface area (Å²) < 4.78 is 7.24. The molecule has 2 aliphatic heterocycles. The molecule has 0 aliphatic carbocycles. The Kier molecular flexibility index (Phi) is 9.81. The van der Waals surface area contributed by atoms with E-state index >= 15 is 0 Å². The van der Waals surface area contributed by atoms with Gasteiger partial charge in [-0.2, -0.15) is 0 Å². The Morgan fingerprint density at radius 2 is 1.00 bits per heavy atom. The summed E-state index contributed by atoms with van der Waals surface area (Å²) in [5, 5.41) is 0. The quantitative estimate of drug-likeness (QED) is 0.0811. The molecule has 0 spiro atoms. The topological polar surface area (TPSA) is 126 Å². The first kappa shape index (κ1) is 35.4. The van der Waals surface area contributed by atoms with E-state index in [9.17, 15) is 4.79 Å². The molecular formula is C47H39N8O2+. The molecule has 0 aromatic carbocycles. The minimum absolute atomic E-state index is 0.146. The van der Waals surface area contributed by atoms with Crippen molar-refractivity contribution < 1.29 is 14.1 Å². The summed E-state index contributed by atoms with van der Waals surface area (Å²) in [6, 6.07) is 30.4. The number of H-pyrrole nitrogens is 2. The minimum Gasteiger partial charge on any atom is -0.466 e. The fourth-order valence-electron chi connectivity index (χ4n) is 7.42. The Labute approximate surface area is 329 Å². The largest absolute Gasteiger partial charge is 0.466 e. The summed E-state index contributed by atoms with van der Waals surface area (Å²) >= 11 is 0. The van der Waals surface area contributed by atoms with Gasteiger partial charge >= 0.3 is 5.97 Å². The lowest BCUT2D eigenvalue weighted by atomic mass is 10.1. The number of aryl methyl sites for hydroxylation is 1. The zero-order valence-electron chi connectivity index (χ0n) is 31.4. The summed E-state index contributed by atoms with van der Waals surface area (Å²) in [6.45, 7) is 3.03. The fraction of sp³-hybridized carbons (Fsp3) is 0.128. The number of hydrogen-bond donors (Lipinski definition) is 2. The lowest BCUT2D eigenvalue weighted by Crippen LogP contribution is -2.32. The maximum atomic E-state index is 11.9. The van der Waals surface area contributed by atoms with Crippen molar-refractivity contribution in [2.24, 2.45) is 0 Å². The van der Waals surface area contributed by atoms with Gasteiger partial charge in [0.2, 0.25) is 0 Å². The van der Waals surface area contributed by atoms with Crippen LogP contribution < -0.4 is 4.57 Å². The van der Waals surface area contributed by atoms with E-state index in [0.717, 1.165) is 109 Å². The predicted molar refractivity (Wildman–Crippen MR) is 225 cm³/mol. The molecule has 10 nitrogen and oxygen atoms in total. The van der Waals surface area contributed by atoms with E-state index in [-0.39, 0.29) is 5.97 Å².